The molecule has 0 radical (unpaired) electrons. The lowest BCUT2D eigenvalue weighted by Crippen LogP contribution is -2.15. The minimum Gasteiger partial charge on any atom is -0.448 e. The van der Waals surface area contributed by atoms with Gasteiger partial charge in [0.05, 0.1) is 5.88 Å². The third-order valence-electron chi connectivity index (χ3n) is 3.62. The molecular weight excluding hydrogens is 300 g/mol. The first-order valence-electron chi connectivity index (χ1n) is 7.24. The number of para-hydroxylation sites is 1. The van der Waals surface area contributed by atoms with Gasteiger partial charge >= 0.3 is 6.09 Å². The van der Waals surface area contributed by atoms with Crippen LogP contribution in [0.3, 0.4) is 0 Å². The molecule has 0 atom stereocenters. The van der Waals surface area contributed by atoms with Crippen molar-refractivity contribution < 1.29 is 9.53 Å². The number of aryl methyl sites for hydroxylation is 2. The predicted molar refractivity (Wildman–Crippen MR) is 89.3 cm³/mol. The molecule has 1 amide bonds. The molecule has 0 saturated carbocycles. The van der Waals surface area contributed by atoms with Gasteiger partial charge < -0.3 is 10.1 Å². The Kier molecular flexibility index (Phi) is 4.49. The molecule has 0 bridgehead atoms. The Morgan fingerprint density at radius 3 is 2.73 bits per heavy atom. The zero-order valence-electron chi connectivity index (χ0n) is 12.1. The topological polar surface area (TPSA) is 50.4 Å². The number of nitrogens with one attached hydrogen (secondary N) is 2. The molecule has 0 aliphatic carbocycles. The molecule has 1 heterocycles. The fourth-order valence-electron chi connectivity index (χ4n) is 2.55. The molecule has 0 fully saturated rings. The Bertz CT molecular complexity index is 688. The highest BCUT2D eigenvalue weighted by molar-refractivity contribution is 6.18. The molecule has 1 aliphatic heterocycles. The highest BCUT2D eigenvalue weighted by Gasteiger charge is 2.13. The maximum Gasteiger partial charge on any atom is 0.411 e. The number of benzene rings is 2. The summed E-state index contributed by atoms with van der Waals surface area (Å²) in [7, 11) is 0. The van der Waals surface area contributed by atoms with Crippen LogP contribution in [0.2, 0.25) is 0 Å². The Morgan fingerprint density at radius 2 is 1.91 bits per heavy atom. The highest BCUT2D eigenvalue weighted by Crippen LogP contribution is 2.31. The van der Waals surface area contributed by atoms with E-state index in [1.165, 1.54) is 11.1 Å². The second-order valence-electron chi connectivity index (χ2n) is 5.10. The number of alkyl halides is 1. The summed E-state index contributed by atoms with van der Waals surface area (Å²) < 4.78 is 4.92. The molecule has 4 nitrogen and oxygen atoms in total. The van der Waals surface area contributed by atoms with Crippen molar-refractivity contribution in [3.8, 4) is 0 Å². The van der Waals surface area contributed by atoms with Crippen molar-refractivity contribution in [1.82, 2.24) is 0 Å². The largest absolute Gasteiger partial charge is 0.448 e. The van der Waals surface area contributed by atoms with E-state index in [0.29, 0.717) is 5.69 Å². The summed E-state index contributed by atoms with van der Waals surface area (Å²) in [6.07, 6.45) is 1.48. The van der Waals surface area contributed by atoms with Crippen molar-refractivity contribution in [3.63, 3.8) is 0 Å². The number of carbonyl (C=O) groups is 1. The Labute approximate surface area is 134 Å². The highest BCUT2D eigenvalue weighted by atomic mass is 35.5. The average molecular weight is 317 g/mol. The van der Waals surface area contributed by atoms with E-state index in [-0.39, 0.29) is 12.5 Å². The molecule has 22 heavy (non-hydrogen) atoms. The van der Waals surface area contributed by atoms with Crippen LogP contribution in [-0.4, -0.2) is 18.6 Å². The average Bonchev–Trinajstić information content (AvgIpc) is 2.71. The minimum absolute atomic E-state index is 0.198. The van der Waals surface area contributed by atoms with Crippen molar-refractivity contribution in [1.29, 1.82) is 0 Å². The predicted octanol–water partition coefficient (Wildman–Crippen LogP) is 4.32. The Balaban J connectivity index is 1.79. The monoisotopic (exact) mass is 316 g/mol. The van der Waals surface area contributed by atoms with E-state index in [1.807, 2.05) is 24.3 Å². The van der Waals surface area contributed by atoms with Gasteiger partial charge in [-0.25, -0.2) is 4.79 Å². The molecule has 3 rings (SSSR count). The summed E-state index contributed by atoms with van der Waals surface area (Å²) in [4.78, 5) is 11.6. The summed E-state index contributed by atoms with van der Waals surface area (Å²) in [5.41, 5.74) is 5.36. The number of hydrogen-bond acceptors (Lipinski definition) is 3. The summed E-state index contributed by atoms with van der Waals surface area (Å²) in [5.74, 6) is 0.288. The van der Waals surface area contributed by atoms with Crippen molar-refractivity contribution in [2.75, 3.05) is 23.1 Å². The van der Waals surface area contributed by atoms with Crippen LogP contribution in [0.1, 0.15) is 11.1 Å². The van der Waals surface area contributed by atoms with Crippen molar-refractivity contribution in [2.45, 2.75) is 12.8 Å². The van der Waals surface area contributed by atoms with E-state index in [0.717, 1.165) is 24.2 Å². The van der Waals surface area contributed by atoms with Crippen molar-refractivity contribution >= 4 is 34.8 Å². The number of carbonyl (C=O) groups excluding carboxylic acids is 1. The van der Waals surface area contributed by atoms with Gasteiger partial charge in [0.15, 0.2) is 0 Å². The first-order valence-corrected chi connectivity index (χ1v) is 7.77. The van der Waals surface area contributed by atoms with Crippen LogP contribution >= 0.6 is 11.6 Å². The van der Waals surface area contributed by atoms with Crippen molar-refractivity contribution in [2.24, 2.45) is 0 Å². The van der Waals surface area contributed by atoms with Crippen LogP contribution in [0.25, 0.3) is 0 Å². The lowest BCUT2D eigenvalue weighted by atomic mass is 10.0. The molecule has 2 aromatic rings. The fourth-order valence-corrected chi connectivity index (χ4v) is 2.63. The second kappa shape index (κ2) is 6.71. The Hall–Kier alpha value is -2.20. The lowest BCUT2D eigenvalue weighted by molar-refractivity contribution is 0.168. The van der Waals surface area contributed by atoms with Gasteiger partial charge in [0, 0.05) is 17.1 Å². The smallest absolute Gasteiger partial charge is 0.411 e. The summed E-state index contributed by atoms with van der Waals surface area (Å²) in [5, 5.41) is 6.16. The van der Waals surface area contributed by atoms with Gasteiger partial charge in [0.1, 0.15) is 6.61 Å². The standard InChI is InChI=1S/C17H17ClN2O2/c18-9-10-22-17(21)19-14-8-7-13-6-5-12-3-1-2-4-15(12)20-16(13)11-14/h1-4,7-8,11,20H,5-6,9-10H2,(H,19,21). The van der Waals surface area contributed by atoms with E-state index in [4.69, 9.17) is 16.3 Å². The second-order valence-corrected chi connectivity index (χ2v) is 5.48. The SMILES string of the molecule is O=C(Nc1ccc2c(c1)Nc1ccccc1CC2)OCCCl. The Morgan fingerprint density at radius 1 is 1.14 bits per heavy atom. The molecule has 114 valence electrons. The maximum atomic E-state index is 11.6. The lowest BCUT2D eigenvalue weighted by Gasteiger charge is -2.12. The number of anilines is 3. The molecule has 1 aliphatic rings. The van der Waals surface area contributed by atoms with E-state index in [1.54, 1.807) is 0 Å². The molecule has 0 saturated heterocycles. The van der Waals surface area contributed by atoms with Crippen LogP contribution in [-0.2, 0) is 17.6 Å². The number of amides is 1. The summed E-state index contributed by atoms with van der Waals surface area (Å²) in [6, 6.07) is 14.1. The number of hydrogen-bond donors (Lipinski definition) is 2. The first-order chi connectivity index (χ1) is 10.8. The summed E-state index contributed by atoms with van der Waals surface area (Å²) in [6.45, 7) is 0.198. The molecule has 0 aromatic heterocycles. The minimum atomic E-state index is -0.491. The van der Waals surface area contributed by atoms with E-state index >= 15 is 0 Å². The molecular formula is C17H17ClN2O2. The van der Waals surface area contributed by atoms with Gasteiger partial charge in [-0.3, -0.25) is 5.32 Å². The number of ether oxygens (including phenoxy) is 1. The zero-order chi connectivity index (χ0) is 15.4. The van der Waals surface area contributed by atoms with Gasteiger partial charge in [-0.05, 0) is 42.2 Å². The van der Waals surface area contributed by atoms with Gasteiger partial charge in [-0.15, -0.1) is 11.6 Å². The third-order valence-corrected chi connectivity index (χ3v) is 3.77. The zero-order valence-corrected chi connectivity index (χ0v) is 12.8. The fraction of sp³-hybridized carbons (Fsp3) is 0.235. The summed E-state index contributed by atoms with van der Waals surface area (Å²) >= 11 is 5.49. The number of halogens is 1. The van der Waals surface area contributed by atoms with Crippen LogP contribution in [0.5, 0.6) is 0 Å². The first kappa shape index (κ1) is 14.7. The van der Waals surface area contributed by atoms with Gasteiger partial charge in [0.2, 0.25) is 0 Å². The number of fused-ring (bicyclic) bond motifs is 2. The van der Waals surface area contributed by atoms with Crippen LogP contribution in [0.4, 0.5) is 21.9 Å². The molecule has 0 spiro atoms. The van der Waals surface area contributed by atoms with E-state index in [2.05, 4.69) is 28.8 Å². The van der Waals surface area contributed by atoms with Crippen LogP contribution in [0.15, 0.2) is 42.5 Å². The maximum absolute atomic E-state index is 11.6. The van der Waals surface area contributed by atoms with Crippen LogP contribution in [0, 0.1) is 0 Å². The molecule has 5 heteroatoms. The third kappa shape index (κ3) is 3.34. The van der Waals surface area contributed by atoms with Crippen molar-refractivity contribution in [3.05, 3.63) is 53.6 Å². The van der Waals surface area contributed by atoms with Gasteiger partial charge in [-0.2, -0.15) is 0 Å². The molecule has 2 N–H and O–H groups in total. The molecule has 0 unspecified atom stereocenters. The van der Waals surface area contributed by atoms with E-state index in [9.17, 15) is 4.79 Å². The van der Waals surface area contributed by atoms with Gasteiger partial charge in [-0.1, -0.05) is 24.3 Å². The van der Waals surface area contributed by atoms with Gasteiger partial charge in [0.25, 0.3) is 0 Å². The number of rotatable bonds is 3. The normalized spacial score (nSPS) is 12.4. The molecule has 2 aromatic carbocycles. The van der Waals surface area contributed by atoms with E-state index < -0.39 is 6.09 Å². The quantitative estimate of drug-likeness (QED) is 0.829. The van der Waals surface area contributed by atoms with Crippen LogP contribution < -0.4 is 10.6 Å².